The molecule has 1 aliphatic heterocycles. The molecule has 2 heterocycles. The molecule has 3 rings (SSSR count). The van der Waals surface area contributed by atoms with Gasteiger partial charge in [-0.2, -0.15) is 5.10 Å². The van der Waals surface area contributed by atoms with Crippen LogP contribution in [0.2, 0.25) is 0 Å². The number of Topliss-reactive ketones (excluding diaryl/α,β-unsaturated/α-hetero) is 1. The molecule has 5 heteroatoms. The molecule has 1 aliphatic rings. The highest BCUT2D eigenvalue weighted by atomic mass is 16.1. The third-order valence-corrected chi connectivity index (χ3v) is 4.75. The van der Waals surface area contributed by atoms with Crippen LogP contribution >= 0.6 is 0 Å². The summed E-state index contributed by atoms with van der Waals surface area (Å²) in [7, 11) is 0. The lowest BCUT2D eigenvalue weighted by molar-refractivity contribution is 0.0926. The fourth-order valence-corrected chi connectivity index (χ4v) is 3.04. The number of ketones is 1. The molecular weight excluding hydrogens is 312 g/mol. The summed E-state index contributed by atoms with van der Waals surface area (Å²) in [4.78, 5) is 17.0. The highest BCUT2D eigenvalue weighted by molar-refractivity contribution is 5.97. The monoisotopic (exact) mass is 338 g/mol. The third-order valence-electron chi connectivity index (χ3n) is 4.75. The molecule has 0 amide bonds. The Morgan fingerprint density at radius 1 is 1.00 bits per heavy atom. The van der Waals surface area contributed by atoms with E-state index in [9.17, 15) is 4.79 Å². The first-order valence-corrected chi connectivity index (χ1v) is 8.94. The quantitative estimate of drug-likeness (QED) is 0.785. The average Bonchev–Trinajstić information content (AvgIpc) is 2.63. The predicted molar refractivity (Wildman–Crippen MR) is 100 cm³/mol. The summed E-state index contributed by atoms with van der Waals surface area (Å²) in [5.74, 6) is 1.60. The van der Waals surface area contributed by atoms with Gasteiger partial charge in [0.15, 0.2) is 11.6 Å². The van der Waals surface area contributed by atoms with Crippen molar-refractivity contribution < 1.29 is 4.79 Å². The zero-order chi connectivity index (χ0) is 17.8. The van der Waals surface area contributed by atoms with Crippen molar-refractivity contribution in [1.82, 2.24) is 15.1 Å². The van der Waals surface area contributed by atoms with Gasteiger partial charge in [0, 0.05) is 31.7 Å². The predicted octanol–water partition coefficient (Wildman–Crippen LogP) is 2.91. The van der Waals surface area contributed by atoms with E-state index in [0.29, 0.717) is 12.5 Å². The van der Waals surface area contributed by atoms with E-state index in [1.165, 1.54) is 5.56 Å². The van der Waals surface area contributed by atoms with E-state index in [4.69, 9.17) is 0 Å². The second kappa shape index (κ2) is 7.74. The molecule has 1 saturated heterocycles. The van der Waals surface area contributed by atoms with E-state index < -0.39 is 0 Å². The van der Waals surface area contributed by atoms with Crippen LogP contribution in [0.5, 0.6) is 0 Å². The molecule has 1 aromatic carbocycles. The van der Waals surface area contributed by atoms with Gasteiger partial charge in [-0.25, -0.2) is 0 Å². The molecule has 25 heavy (non-hydrogen) atoms. The lowest BCUT2D eigenvalue weighted by Crippen LogP contribution is -2.48. The number of aromatic nitrogens is 2. The van der Waals surface area contributed by atoms with Crippen molar-refractivity contribution in [2.75, 3.05) is 37.6 Å². The Morgan fingerprint density at radius 3 is 2.24 bits per heavy atom. The van der Waals surface area contributed by atoms with Crippen molar-refractivity contribution in [1.29, 1.82) is 0 Å². The van der Waals surface area contributed by atoms with Crippen LogP contribution in [0.3, 0.4) is 0 Å². The number of rotatable bonds is 5. The van der Waals surface area contributed by atoms with Crippen LogP contribution in [0.15, 0.2) is 36.4 Å². The molecular formula is C20H26N4O. The Hall–Kier alpha value is -2.27. The molecule has 1 aromatic heterocycles. The number of benzene rings is 1. The van der Waals surface area contributed by atoms with E-state index in [0.717, 1.165) is 43.3 Å². The van der Waals surface area contributed by atoms with Crippen LogP contribution in [0, 0.1) is 6.92 Å². The molecule has 132 valence electrons. The lowest BCUT2D eigenvalue weighted by atomic mass is 10.0. The Morgan fingerprint density at radius 2 is 1.68 bits per heavy atom. The van der Waals surface area contributed by atoms with Gasteiger partial charge in [0.25, 0.3) is 0 Å². The number of nitrogens with zero attached hydrogens (tertiary/aromatic N) is 4. The van der Waals surface area contributed by atoms with Crippen LogP contribution in [-0.2, 0) is 0 Å². The molecule has 0 saturated carbocycles. The molecule has 5 nitrogen and oxygen atoms in total. The smallest absolute Gasteiger partial charge is 0.176 e. The zero-order valence-electron chi connectivity index (χ0n) is 15.3. The molecule has 2 aromatic rings. The highest BCUT2D eigenvalue weighted by Gasteiger charge is 2.20. The minimum absolute atomic E-state index is 0.193. The summed E-state index contributed by atoms with van der Waals surface area (Å²) < 4.78 is 0. The van der Waals surface area contributed by atoms with Crippen LogP contribution in [0.25, 0.3) is 0 Å². The molecule has 0 aliphatic carbocycles. The van der Waals surface area contributed by atoms with Crippen molar-refractivity contribution in [2.45, 2.75) is 26.7 Å². The van der Waals surface area contributed by atoms with Crippen LogP contribution < -0.4 is 4.90 Å². The summed E-state index contributed by atoms with van der Waals surface area (Å²) in [6.07, 6.45) is 0. The number of hydrogen-bond acceptors (Lipinski definition) is 5. The van der Waals surface area contributed by atoms with E-state index >= 15 is 0 Å². The lowest BCUT2D eigenvalue weighted by Gasteiger charge is -2.34. The van der Waals surface area contributed by atoms with Crippen molar-refractivity contribution >= 4 is 11.6 Å². The van der Waals surface area contributed by atoms with E-state index in [1.54, 1.807) is 0 Å². The summed E-state index contributed by atoms with van der Waals surface area (Å²) in [5, 5.41) is 8.37. The van der Waals surface area contributed by atoms with Crippen molar-refractivity contribution in [3.05, 3.63) is 53.2 Å². The molecule has 0 bridgehead atoms. The first-order valence-electron chi connectivity index (χ1n) is 8.94. The van der Waals surface area contributed by atoms with Crippen LogP contribution in [0.4, 0.5) is 5.82 Å². The fourth-order valence-electron chi connectivity index (χ4n) is 3.04. The standard InChI is InChI=1S/C20H26N4O/c1-15(2)17-5-7-18(8-6-17)19(25)14-23-10-12-24(13-11-23)20-9-4-16(3)21-22-20/h4-9,15H,10-14H2,1-3H3. The molecule has 0 atom stereocenters. The SMILES string of the molecule is Cc1ccc(N2CCN(CC(=O)c3ccc(C(C)C)cc3)CC2)nn1. The van der Waals surface area contributed by atoms with Gasteiger partial charge < -0.3 is 4.90 Å². The molecule has 0 unspecified atom stereocenters. The molecule has 1 fully saturated rings. The van der Waals surface area contributed by atoms with E-state index in [1.807, 2.05) is 31.2 Å². The van der Waals surface area contributed by atoms with Gasteiger partial charge in [0.1, 0.15) is 0 Å². The first-order chi connectivity index (χ1) is 12.0. The van der Waals surface area contributed by atoms with E-state index in [-0.39, 0.29) is 5.78 Å². The third kappa shape index (κ3) is 4.42. The zero-order valence-corrected chi connectivity index (χ0v) is 15.3. The minimum Gasteiger partial charge on any atom is -0.353 e. The summed E-state index contributed by atoms with van der Waals surface area (Å²) in [6.45, 7) is 10.2. The number of hydrogen-bond donors (Lipinski definition) is 0. The number of anilines is 1. The van der Waals surface area contributed by atoms with E-state index in [2.05, 4.69) is 46.0 Å². The normalized spacial score (nSPS) is 15.6. The van der Waals surface area contributed by atoms with Gasteiger partial charge in [-0.05, 0) is 30.5 Å². The molecule has 0 spiro atoms. The first kappa shape index (κ1) is 17.5. The summed E-state index contributed by atoms with van der Waals surface area (Å²) in [5.41, 5.74) is 3.00. The highest BCUT2D eigenvalue weighted by Crippen LogP contribution is 2.16. The Balaban J connectivity index is 1.53. The van der Waals surface area contributed by atoms with Gasteiger partial charge in [0.05, 0.1) is 12.2 Å². The van der Waals surface area contributed by atoms with Gasteiger partial charge >= 0.3 is 0 Å². The van der Waals surface area contributed by atoms with Crippen molar-refractivity contribution in [3.8, 4) is 0 Å². The number of carbonyl (C=O) groups is 1. The van der Waals surface area contributed by atoms with Gasteiger partial charge in [-0.3, -0.25) is 9.69 Å². The topological polar surface area (TPSA) is 49.3 Å². The fraction of sp³-hybridized carbons (Fsp3) is 0.450. The average molecular weight is 338 g/mol. The van der Waals surface area contributed by atoms with Crippen LogP contribution in [-0.4, -0.2) is 53.6 Å². The van der Waals surface area contributed by atoms with Crippen molar-refractivity contribution in [2.24, 2.45) is 0 Å². The van der Waals surface area contributed by atoms with Gasteiger partial charge in [0.2, 0.25) is 0 Å². The number of carbonyl (C=O) groups excluding carboxylic acids is 1. The minimum atomic E-state index is 0.193. The van der Waals surface area contributed by atoms with Crippen molar-refractivity contribution in [3.63, 3.8) is 0 Å². The van der Waals surface area contributed by atoms with Gasteiger partial charge in [-0.1, -0.05) is 38.1 Å². The summed E-state index contributed by atoms with van der Waals surface area (Å²) >= 11 is 0. The maximum absolute atomic E-state index is 12.5. The number of piperazine rings is 1. The maximum Gasteiger partial charge on any atom is 0.176 e. The Kier molecular flexibility index (Phi) is 5.43. The van der Waals surface area contributed by atoms with Gasteiger partial charge in [-0.15, -0.1) is 5.10 Å². The van der Waals surface area contributed by atoms with Crippen LogP contribution in [0.1, 0.15) is 41.4 Å². The second-order valence-electron chi connectivity index (χ2n) is 7.00. The second-order valence-corrected chi connectivity index (χ2v) is 7.00. The largest absolute Gasteiger partial charge is 0.353 e. The Labute approximate surface area is 149 Å². The Bertz CT molecular complexity index is 701. The molecule has 0 radical (unpaired) electrons. The molecule has 0 N–H and O–H groups in total. The summed E-state index contributed by atoms with van der Waals surface area (Å²) in [6, 6.07) is 12.0. The maximum atomic E-state index is 12.5. The number of aryl methyl sites for hydroxylation is 1.